The lowest BCUT2D eigenvalue weighted by molar-refractivity contribution is -0.151. The van der Waals surface area contributed by atoms with Gasteiger partial charge in [-0.15, -0.1) is 0 Å². The van der Waals surface area contributed by atoms with Crippen LogP contribution in [0.25, 0.3) is 0 Å². The van der Waals surface area contributed by atoms with Crippen LogP contribution in [0.5, 0.6) is 0 Å². The lowest BCUT2D eigenvalue weighted by atomic mass is 9.92. The molecule has 0 saturated heterocycles. The number of hydrogen-bond acceptors (Lipinski definition) is 3. The van der Waals surface area contributed by atoms with E-state index in [1.54, 1.807) is 24.3 Å². The second-order valence-electron chi connectivity index (χ2n) is 4.55. The Morgan fingerprint density at radius 2 is 1.78 bits per heavy atom. The van der Waals surface area contributed by atoms with Gasteiger partial charge in [0.25, 0.3) is 0 Å². The van der Waals surface area contributed by atoms with Crippen molar-refractivity contribution in [3.05, 3.63) is 29.8 Å². The number of carbonyl (C=O) groups excluding carboxylic acids is 1. The first-order valence-electron chi connectivity index (χ1n) is 5.62. The van der Waals surface area contributed by atoms with Gasteiger partial charge in [-0.2, -0.15) is 0 Å². The molecule has 0 bridgehead atoms. The number of aliphatic carboxylic acids is 1. The summed E-state index contributed by atoms with van der Waals surface area (Å²) < 4.78 is 0. The van der Waals surface area contributed by atoms with E-state index in [2.05, 4.69) is 5.32 Å². The minimum absolute atomic E-state index is 0.0672. The average Bonchev–Trinajstić information content (AvgIpc) is 2.31. The highest BCUT2D eigenvalue weighted by Crippen LogP contribution is 2.19. The molecule has 0 aliphatic rings. The van der Waals surface area contributed by atoms with Crippen molar-refractivity contribution in [1.29, 1.82) is 0 Å². The van der Waals surface area contributed by atoms with Crippen LogP contribution in [0.4, 0.5) is 5.69 Å². The summed E-state index contributed by atoms with van der Waals surface area (Å²) >= 11 is 0. The molecule has 1 aromatic rings. The van der Waals surface area contributed by atoms with Gasteiger partial charge < -0.3 is 15.5 Å². The number of aliphatic hydroxyl groups is 1. The zero-order chi connectivity index (χ0) is 13.8. The van der Waals surface area contributed by atoms with Crippen molar-refractivity contribution in [2.24, 2.45) is 5.41 Å². The van der Waals surface area contributed by atoms with Crippen LogP contribution in [0.3, 0.4) is 0 Å². The van der Waals surface area contributed by atoms with Crippen LogP contribution >= 0.6 is 0 Å². The molecule has 0 fully saturated rings. The zero-order valence-corrected chi connectivity index (χ0v) is 10.4. The first-order chi connectivity index (χ1) is 8.37. The second-order valence-corrected chi connectivity index (χ2v) is 4.55. The summed E-state index contributed by atoms with van der Waals surface area (Å²) in [6.45, 7) is 2.77. The molecule has 0 aliphatic heterocycles. The van der Waals surface area contributed by atoms with E-state index in [1.165, 1.54) is 13.8 Å². The molecule has 0 saturated carbocycles. The first kappa shape index (κ1) is 14.2. The van der Waals surface area contributed by atoms with Gasteiger partial charge in [0.15, 0.2) is 0 Å². The van der Waals surface area contributed by atoms with Crippen LogP contribution in [0.15, 0.2) is 24.3 Å². The summed E-state index contributed by atoms with van der Waals surface area (Å²) in [6.07, 6.45) is 0.550. The number of anilines is 1. The maximum atomic E-state index is 11.8. The van der Waals surface area contributed by atoms with Crippen LogP contribution in [-0.4, -0.2) is 28.7 Å². The molecule has 0 atom stereocenters. The van der Waals surface area contributed by atoms with Gasteiger partial charge in [0, 0.05) is 12.3 Å². The predicted octanol–water partition coefficient (Wildman–Crippen LogP) is 1.27. The van der Waals surface area contributed by atoms with Crippen molar-refractivity contribution < 1.29 is 19.8 Å². The van der Waals surface area contributed by atoms with Gasteiger partial charge in [-0.3, -0.25) is 9.59 Å². The van der Waals surface area contributed by atoms with Gasteiger partial charge in [-0.25, -0.2) is 0 Å². The fourth-order valence-corrected chi connectivity index (χ4v) is 1.27. The Labute approximate surface area is 105 Å². The summed E-state index contributed by atoms with van der Waals surface area (Å²) in [7, 11) is 0. The number of carboxylic acids is 1. The molecule has 1 amide bonds. The molecular formula is C13H17NO4. The van der Waals surface area contributed by atoms with Crippen LogP contribution in [0, 0.1) is 5.41 Å². The fraction of sp³-hybridized carbons (Fsp3) is 0.385. The summed E-state index contributed by atoms with van der Waals surface area (Å²) in [5.74, 6) is -1.73. The Hall–Kier alpha value is -1.88. The topological polar surface area (TPSA) is 86.6 Å². The van der Waals surface area contributed by atoms with Crippen molar-refractivity contribution in [3.63, 3.8) is 0 Å². The Balaban J connectivity index is 2.73. The molecule has 0 unspecified atom stereocenters. The molecule has 1 aromatic carbocycles. The molecule has 0 radical (unpaired) electrons. The van der Waals surface area contributed by atoms with Crippen molar-refractivity contribution in [1.82, 2.24) is 0 Å². The van der Waals surface area contributed by atoms with Crippen molar-refractivity contribution >= 4 is 17.6 Å². The van der Waals surface area contributed by atoms with E-state index >= 15 is 0 Å². The first-order valence-corrected chi connectivity index (χ1v) is 5.62. The summed E-state index contributed by atoms with van der Waals surface area (Å²) in [4.78, 5) is 22.7. The number of carboxylic acid groups (broad SMARTS) is 1. The maximum Gasteiger partial charge on any atom is 0.318 e. The Morgan fingerprint density at radius 1 is 1.22 bits per heavy atom. The second kappa shape index (κ2) is 5.64. The highest BCUT2D eigenvalue weighted by Gasteiger charge is 2.35. The normalized spacial score (nSPS) is 11.1. The van der Waals surface area contributed by atoms with Crippen molar-refractivity contribution in [3.8, 4) is 0 Å². The lowest BCUT2D eigenvalue weighted by Gasteiger charge is -2.18. The standard InChI is InChI=1S/C13H17NO4/c1-13(2,12(17)18)11(16)14-10-5-3-9(4-6-10)7-8-15/h3-6,15H,7-8H2,1-2H3,(H,14,16)(H,17,18). The van der Waals surface area contributed by atoms with E-state index in [0.29, 0.717) is 12.1 Å². The van der Waals surface area contributed by atoms with Crippen LogP contribution in [0.2, 0.25) is 0 Å². The Morgan fingerprint density at radius 3 is 2.22 bits per heavy atom. The molecule has 5 heteroatoms. The molecule has 98 valence electrons. The van der Waals surface area contributed by atoms with Gasteiger partial charge in [0.2, 0.25) is 5.91 Å². The van der Waals surface area contributed by atoms with Crippen LogP contribution < -0.4 is 5.32 Å². The zero-order valence-electron chi connectivity index (χ0n) is 10.4. The molecule has 18 heavy (non-hydrogen) atoms. The predicted molar refractivity (Wildman–Crippen MR) is 67.3 cm³/mol. The lowest BCUT2D eigenvalue weighted by Crippen LogP contribution is -2.37. The SMILES string of the molecule is CC(C)(C(=O)O)C(=O)Nc1ccc(CCO)cc1. The molecular weight excluding hydrogens is 234 g/mol. The number of aliphatic hydroxyl groups excluding tert-OH is 1. The van der Waals surface area contributed by atoms with E-state index < -0.39 is 17.3 Å². The third-order valence-electron chi connectivity index (χ3n) is 2.71. The average molecular weight is 251 g/mol. The maximum absolute atomic E-state index is 11.8. The summed E-state index contributed by atoms with van der Waals surface area (Å²) in [5.41, 5.74) is 0.0213. The number of benzene rings is 1. The minimum atomic E-state index is -1.47. The van der Waals surface area contributed by atoms with E-state index in [1.807, 2.05) is 0 Å². The van der Waals surface area contributed by atoms with E-state index in [9.17, 15) is 9.59 Å². The van der Waals surface area contributed by atoms with E-state index in [-0.39, 0.29) is 6.61 Å². The number of amides is 1. The van der Waals surface area contributed by atoms with Crippen LogP contribution in [-0.2, 0) is 16.0 Å². The monoisotopic (exact) mass is 251 g/mol. The molecule has 0 aromatic heterocycles. The highest BCUT2D eigenvalue weighted by atomic mass is 16.4. The molecule has 5 nitrogen and oxygen atoms in total. The smallest absolute Gasteiger partial charge is 0.318 e. The quantitative estimate of drug-likeness (QED) is 0.688. The van der Waals surface area contributed by atoms with E-state index in [4.69, 9.17) is 10.2 Å². The van der Waals surface area contributed by atoms with Crippen LogP contribution in [0.1, 0.15) is 19.4 Å². The number of carbonyl (C=O) groups is 2. The summed E-state index contributed by atoms with van der Waals surface area (Å²) in [6, 6.07) is 6.92. The number of nitrogens with one attached hydrogen (secondary N) is 1. The molecule has 3 N–H and O–H groups in total. The minimum Gasteiger partial charge on any atom is -0.480 e. The van der Waals surface area contributed by atoms with Gasteiger partial charge >= 0.3 is 5.97 Å². The molecule has 0 heterocycles. The number of rotatable bonds is 5. The third kappa shape index (κ3) is 3.30. The Bertz CT molecular complexity index is 437. The van der Waals surface area contributed by atoms with Gasteiger partial charge in [0.1, 0.15) is 5.41 Å². The third-order valence-corrected chi connectivity index (χ3v) is 2.71. The van der Waals surface area contributed by atoms with Gasteiger partial charge in [-0.05, 0) is 38.0 Å². The largest absolute Gasteiger partial charge is 0.480 e. The van der Waals surface area contributed by atoms with Crippen molar-refractivity contribution in [2.75, 3.05) is 11.9 Å². The highest BCUT2D eigenvalue weighted by molar-refractivity contribution is 6.07. The fourth-order valence-electron chi connectivity index (χ4n) is 1.27. The van der Waals surface area contributed by atoms with Gasteiger partial charge in [-0.1, -0.05) is 12.1 Å². The Kier molecular flexibility index (Phi) is 4.44. The van der Waals surface area contributed by atoms with E-state index in [0.717, 1.165) is 5.56 Å². The number of hydrogen-bond donors (Lipinski definition) is 3. The van der Waals surface area contributed by atoms with Gasteiger partial charge in [0.05, 0.1) is 0 Å². The molecule has 1 rings (SSSR count). The van der Waals surface area contributed by atoms with Crippen molar-refractivity contribution in [2.45, 2.75) is 20.3 Å². The molecule has 0 spiro atoms. The summed E-state index contributed by atoms with van der Waals surface area (Å²) in [5, 5.41) is 20.2. The molecule has 0 aliphatic carbocycles.